The van der Waals surface area contributed by atoms with E-state index in [0.717, 1.165) is 25.7 Å². The molecule has 0 aromatic rings. The normalized spacial score (nSPS) is 21.6. The minimum absolute atomic E-state index is 0.450. The Morgan fingerprint density at radius 2 is 1.93 bits per heavy atom. The van der Waals surface area contributed by atoms with Crippen LogP contribution in [0.5, 0.6) is 0 Å². The van der Waals surface area contributed by atoms with E-state index in [1.165, 1.54) is 19.3 Å². The van der Waals surface area contributed by atoms with Crippen LogP contribution >= 0.6 is 0 Å². The predicted molar refractivity (Wildman–Crippen MR) is 65.1 cm³/mol. The third kappa shape index (κ3) is 4.12. The van der Waals surface area contributed by atoms with Crippen LogP contribution in [0.15, 0.2) is 0 Å². The van der Waals surface area contributed by atoms with Gasteiger partial charge in [-0.2, -0.15) is 0 Å². The first-order valence-corrected chi connectivity index (χ1v) is 6.37. The smallest absolute Gasteiger partial charge is 0.0468 e. The SMILES string of the molecule is CCNC(C)CC(C)(C)C1CCOCC1. The lowest BCUT2D eigenvalue weighted by Gasteiger charge is -2.38. The molecule has 1 fully saturated rings. The Labute approximate surface area is 94.8 Å². The molecular weight excluding hydrogens is 186 g/mol. The van der Waals surface area contributed by atoms with E-state index in [-0.39, 0.29) is 0 Å². The Morgan fingerprint density at radius 3 is 2.47 bits per heavy atom. The average molecular weight is 213 g/mol. The molecule has 1 aliphatic rings. The van der Waals surface area contributed by atoms with Crippen molar-refractivity contribution in [3.63, 3.8) is 0 Å². The van der Waals surface area contributed by atoms with E-state index in [4.69, 9.17) is 4.74 Å². The maximum absolute atomic E-state index is 5.43. The minimum atomic E-state index is 0.450. The molecule has 0 aromatic heterocycles. The summed E-state index contributed by atoms with van der Waals surface area (Å²) in [5.74, 6) is 0.840. The molecule has 0 spiro atoms. The van der Waals surface area contributed by atoms with E-state index in [0.29, 0.717) is 11.5 Å². The highest BCUT2D eigenvalue weighted by molar-refractivity contribution is 4.83. The zero-order chi connectivity index (χ0) is 11.3. The highest BCUT2D eigenvalue weighted by Crippen LogP contribution is 2.38. The number of hydrogen-bond donors (Lipinski definition) is 1. The van der Waals surface area contributed by atoms with Gasteiger partial charge in [0.05, 0.1) is 0 Å². The second-order valence-electron chi connectivity index (χ2n) is 5.54. The van der Waals surface area contributed by atoms with Gasteiger partial charge in [-0.05, 0) is 44.1 Å². The lowest BCUT2D eigenvalue weighted by atomic mass is 9.71. The molecule has 1 aliphatic heterocycles. The third-order valence-corrected chi connectivity index (χ3v) is 3.71. The predicted octanol–water partition coefficient (Wildman–Crippen LogP) is 2.83. The Bertz CT molecular complexity index is 173. The standard InChI is InChI=1S/C13H27NO/c1-5-14-11(2)10-13(3,4)12-6-8-15-9-7-12/h11-12,14H,5-10H2,1-4H3. The molecule has 15 heavy (non-hydrogen) atoms. The van der Waals surface area contributed by atoms with Gasteiger partial charge in [-0.3, -0.25) is 0 Å². The summed E-state index contributed by atoms with van der Waals surface area (Å²) in [6.07, 6.45) is 3.75. The second kappa shape index (κ2) is 5.86. The van der Waals surface area contributed by atoms with Crippen LogP contribution in [0.3, 0.4) is 0 Å². The molecule has 1 N–H and O–H groups in total. The Kier molecular flexibility index (Phi) is 5.07. The van der Waals surface area contributed by atoms with Crippen molar-refractivity contribution in [3.8, 4) is 0 Å². The van der Waals surface area contributed by atoms with Crippen LogP contribution in [-0.4, -0.2) is 25.8 Å². The Hall–Kier alpha value is -0.0800. The van der Waals surface area contributed by atoms with Gasteiger partial charge < -0.3 is 10.1 Å². The summed E-state index contributed by atoms with van der Waals surface area (Å²) in [6, 6.07) is 0.632. The lowest BCUT2D eigenvalue weighted by Crippen LogP contribution is -2.37. The molecule has 0 bridgehead atoms. The van der Waals surface area contributed by atoms with Gasteiger partial charge in [-0.1, -0.05) is 20.8 Å². The zero-order valence-electron chi connectivity index (χ0n) is 10.8. The van der Waals surface area contributed by atoms with Crippen LogP contribution in [0.2, 0.25) is 0 Å². The first-order chi connectivity index (χ1) is 7.06. The highest BCUT2D eigenvalue weighted by atomic mass is 16.5. The van der Waals surface area contributed by atoms with Crippen LogP contribution in [0.25, 0.3) is 0 Å². The Balaban J connectivity index is 2.41. The molecule has 1 atom stereocenters. The van der Waals surface area contributed by atoms with E-state index >= 15 is 0 Å². The molecule has 1 rings (SSSR count). The molecule has 0 aromatic carbocycles. The first-order valence-electron chi connectivity index (χ1n) is 6.37. The van der Waals surface area contributed by atoms with Crippen molar-refractivity contribution in [1.29, 1.82) is 0 Å². The molecular formula is C13H27NO. The van der Waals surface area contributed by atoms with Crippen LogP contribution in [0.4, 0.5) is 0 Å². The fourth-order valence-electron chi connectivity index (χ4n) is 2.86. The van der Waals surface area contributed by atoms with Crippen molar-refractivity contribution in [2.75, 3.05) is 19.8 Å². The fourth-order valence-corrected chi connectivity index (χ4v) is 2.86. The molecule has 0 saturated carbocycles. The van der Waals surface area contributed by atoms with Gasteiger partial charge in [0, 0.05) is 19.3 Å². The molecule has 1 heterocycles. The number of hydrogen-bond acceptors (Lipinski definition) is 2. The molecule has 0 radical (unpaired) electrons. The van der Waals surface area contributed by atoms with Gasteiger partial charge in [0.25, 0.3) is 0 Å². The van der Waals surface area contributed by atoms with Crippen molar-refractivity contribution < 1.29 is 4.74 Å². The van der Waals surface area contributed by atoms with Crippen LogP contribution in [-0.2, 0) is 4.74 Å². The van der Waals surface area contributed by atoms with Crippen molar-refractivity contribution in [3.05, 3.63) is 0 Å². The maximum Gasteiger partial charge on any atom is 0.0468 e. The van der Waals surface area contributed by atoms with E-state index in [9.17, 15) is 0 Å². The number of ether oxygens (including phenoxy) is 1. The monoisotopic (exact) mass is 213 g/mol. The summed E-state index contributed by atoms with van der Waals surface area (Å²) in [7, 11) is 0. The minimum Gasteiger partial charge on any atom is -0.381 e. The lowest BCUT2D eigenvalue weighted by molar-refractivity contribution is 0.0168. The summed E-state index contributed by atoms with van der Waals surface area (Å²) in [4.78, 5) is 0. The summed E-state index contributed by atoms with van der Waals surface area (Å²) in [5.41, 5.74) is 0.450. The largest absolute Gasteiger partial charge is 0.381 e. The highest BCUT2D eigenvalue weighted by Gasteiger charge is 2.31. The van der Waals surface area contributed by atoms with Crippen LogP contribution in [0, 0.1) is 11.3 Å². The quantitative estimate of drug-likeness (QED) is 0.758. The van der Waals surface area contributed by atoms with Crippen LogP contribution < -0.4 is 5.32 Å². The summed E-state index contributed by atoms with van der Waals surface area (Å²) < 4.78 is 5.43. The molecule has 0 amide bonds. The summed E-state index contributed by atoms with van der Waals surface area (Å²) in [6.45, 7) is 12.3. The van der Waals surface area contributed by atoms with Gasteiger partial charge in [0.1, 0.15) is 0 Å². The number of rotatable bonds is 5. The van der Waals surface area contributed by atoms with Crippen molar-refractivity contribution >= 4 is 0 Å². The van der Waals surface area contributed by atoms with Crippen molar-refractivity contribution in [1.82, 2.24) is 5.32 Å². The Morgan fingerprint density at radius 1 is 1.33 bits per heavy atom. The van der Waals surface area contributed by atoms with E-state index in [2.05, 4.69) is 33.0 Å². The molecule has 1 saturated heterocycles. The topological polar surface area (TPSA) is 21.3 Å². The zero-order valence-corrected chi connectivity index (χ0v) is 10.8. The van der Waals surface area contributed by atoms with E-state index in [1.54, 1.807) is 0 Å². The molecule has 1 unspecified atom stereocenters. The molecule has 0 aliphatic carbocycles. The van der Waals surface area contributed by atoms with Gasteiger partial charge >= 0.3 is 0 Å². The molecule has 90 valence electrons. The van der Waals surface area contributed by atoms with E-state index in [1.807, 2.05) is 0 Å². The van der Waals surface area contributed by atoms with Gasteiger partial charge in [0.2, 0.25) is 0 Å². The van der Waals surface area contributed by atoms with Gasteiger partial charge in [-0.15, -0.1) is 0 Å². The number of nitrogens with one attached hydrogen (secondary N) is 1. The van der Waals surface area contributed by atoms with Crippen molar-refractivity contribution in [2.45, 2.75) is 53.0 Å². The average Bonchev–Trinajstić information content (AvgIpc) is 2.18. The maximum atomic E-state index is 5.43. The van der Waals surface area contributed by atoms with Gasteiger partial charge in [-0.25, -0.2) is 0 Å². The van der Waals surface area contributed by atoms with Crippen molar-refractivity contribution in [2.24, 2.45) is 11.3 Å². The summed E-state index contributed by atoms with van der Waals surface area (Å²) >= 11 is 0. The first kappa shape index (κ1) is 13.0. The van der Waals surface area contributed by atoms with E-state index < -0.39 is 0 Å². The van der Waals surface area contributed by atoms with Gasteiger partial charge in [0.15, 0.2) is 0 Å². The molecule has 2 nitrogen and oxygen atoms in total. The molecule has 2 heteroatoms. The van der Waals surface area contributed by atoms with Crippen LogP contribution in [0.1, 0.15) is 47.0 Å². The summed E-state index contributed by atoms with van der Waals surface area (Å²) in [5, 5.41) is 3.51. The fraction of sp³-hybridized carbons (Fsp3) is 1.00. The third-order valence-electron chi connectivity index (χ3n) is 3.71. The second-order valence-corrected chi connectivity index (χ2v) is 5.54.